The van der Waals surface area contributed by atoms with Gasteiger partial charge in [0.2, 0.25) is 5.91 Å². The van der Waals surface area contributed by atoms with Gasteiger partial charge in [-0.2, -0.15) is 0 Å². The third-order valence-electron chi connectivity index (χ3n) is 4.72. The highest BCUT2D eigenvalue weighted by molar-refractivity contribution is 7.09. The molecule has 0 aliphatic carbocycles. The summed E-state index contributed by atoms with van der Waals surface area (Å²) in [4.78, 5) is 23.3. The number of carbonyl (C=O) groups excluding carboxylic acids is 1. The summed E-state index contributed by atoms with van der Waals surface area (Å²) in [5.41, 5.74) is 3.47. The maximum atomic E-state index is 13.8. The van der Waals surface area contributed by atoms with Gasteiger partial charge >= 0.3 is 0 Å². The van der Waals surface area contributed by atoms with Crippen LogP contribution in [0.2, 0.25) is 0 Å². The molecule has 25 heavy (non-hydrogen) atoms. The summed E-state index contributed by atoms with van der Waals surface area (Å²) in [6.07, 6.45) is 6.04. The van der Waals surface area contributed by atoms with Gasteiger partial charge in [-0.05, 0) is 38.2 Å². The quantitative estimate of drug-likeness (QED) is 0.858. The molecule has 0 aromatic carbocycles. The Labute approximate surface area is 151 Å². The van der Waals surface area contributed by atoms with Gasteiger partial charge in [-0.3, -0.25) is 9.78 Å². The van der Waals surface area contributed by atoms with Gasteiger partial charge < -0.3 is 10.2 Å². The van der Waals surface area contributed by atoms with Crippen LogP contribution in [0, 0.1) is 18.7 Å². The lowest BCUT2D eigenvalue weighted by Gasteiger charge is -2.33. The van der Waals surface area contributed by atoms with E-state index in [0.717, 1.165) is 38.0 Å². The molecule has 0 atom stereocenters. The molecule has 3 heterocycles. The second kappa shape index (κ2) is 8.38. The average Bonchev–Trinajstić information content (AvgIpc) is 3.04. The molecule has 3 rings (SSSR count). The number of rotatable bonds is 6. The number of nitrogens with zero attached hydrogens (tertiary/aromatic N) is 3. The van der Waals surface area contributed by atoms with Crippen LogP contribution in [0.4, 0.5) is 10.1 Å². The summed E-state index contributed by atoms with van der Waals surface area (Å²) in [5, 5.41) is 3.04. The van der Waals surface area contributed by atoms with Crippen molar-refractivity contribution in [1.29, 1.82) is 0 Å². The monoisotopic (exact) mass is 362 g/mol. The summed E-state index contributed by atoms with van der Waals surface area (Å²) in [5.74, 6) is 0.276. The topological polar surface area (TPSA) is 58.1 Å². The van der Waals surface area contributed by atoms with Crippen molar-refractivity contribution in [3.8, 4) is 0 Å². The Kier molecular flexibility index (Phi) is 5.96. The molecule has 7 heteroatoms. The van der Waals surface area contributed by atoms with Gasteiger partial charge in [0, 0.05) is 37.1 Å². The van der Waals surface area contributed by atoms with Crippen molar-refractivity contribution in [3.63, 3.8) is 0 Å². The van der Waals surface area contributed by atoms with Crippen LogP contribution in [0.25, 0.3) is 0 Å². The van der Waals surface area contributed by atoms with Crippen molar-refractivity contribution in [3.05, 3.63) is 40.4 Å². The molecule has 0 saturated carbocycles. The van der Waals surface area contributed by atoms with E-state index < -0.39 is 0 Å². The van der Waals surface area contributed by atoms with Crippen molar-refractivity contribution >= 4 is 22.9 Å². The van der Waals surface area contributed by atoms with Crippen molar-refractivity contribution < 1.29 is 9.18 Å². The van der Waals surface area contributed by atoms with E-state index in [-0.39, 0.29) is 11.7 Å². The minimum Gasteiger partial charge on any atom is -0.369 e. The molecular formula is C18H23FN4OS. The summed E-state index contributed by atoms with van der Waals surface area (Å²) < 4.78 is 13.8. The van der Waals surface area contributed by atoms with E-state index in [4.69, 9.17) is 0 Å². The first-order valence-corrected chi connectivity index (χ1v) is 9.51. The third kappa shape index (κ3) is 4.75. The van der Waals surface area contributed by atoms with Gasteiger partial charge in [0.25, 0.3) is 0 Å². The lowest BCUT2D eigenvalue weighted by Crippen LogP contribution is -2.39. The zero-order chi connectivity index (χ0) is 17.6. The molecule has 0 unspecified atom stereocenters. The molecule has 134 valence electrons. The SMILES string of the molecule is Cc1ncsc1CCC(=O)NCC1CCN(c2ccncc2F)CC1. The van der Waals surface area contributed by atoms with Gasteiger partial charge in [0.05, 0.1) is 23.1 Å². The number of aromatic nitrogens is 2. The van der Waals surface area contributed by atoms with Gasteiger partial charge in [0.1, 0.15) is 0 Å². The molecule has 5 nitrogen and oxygen atoms in total. The first-order chi connectivity index (χ1) is 12.1. The number of thiazole rings is 1. The summed E-state index contributed by atoms with van der Waals surface area (Å²) in [7, 11) is 0. The first kappa shape index (κ1) is 17.8. The molecule has 1 aliphatic rings. The minimum absolute atomic E-state index is 0.0930. The Morgan fingerprint density at radius 2 is 2.24 bits per heavy atom. The van der Waals surface area contributed by atoms with E-state index in [0.29, 0.717) is 24.6 Å². The fraction of sp³-hybridized carbons (Fsp3) is 0.500. The predicted molar refractivity (Wildman–Crippen MR) is 97.3 cm³/mol. The van der Waals surface area contributed by atoms with Crippen LogP contribution in [0.15, 0.2) is 24.0 Å². The van der Waals surface area contributed by atoms with Crippen LogP contribution in [-0.2, 0) is 11.2 Å². The number of carbonyl (C=O) groups is 1. The standard InChI is InChI=1S/C18H23FN4OS/c1-13-17(25-12-22-13)2-3-18(24)21-10-14-5-8-23(9-6-14)16-4-7-20-11-15(16)19/h4,7,11-12,14H,2-3,5-6,8-10H2,1H3,(H,21,24). The Balaban J connectivity index is 1.38. The highest BCUT2D eigenvalue weighted by atomic mass is 32.1. The fourth-order valence-corrected chi connectivity index (χ4v) is 3.92. The number of hydrogen-bond donors (Lipinski definition) is 1. The molecule has 1 fully saturated rings. The molecule has 1 aliphatic heterocycles. The van der Waals surface area contributed by atoms with Crippen molar-refractivity contribution in [2.45, 2.75) is 32.6 Å². The molecule has 0 bridgehead atoms. The number of amides is 1. The number of anilines is 1. The lowest BCUT2D eigenvalue weighted by molar-refractivity contribution is -0.121. The van der Waals surface area contributed by atoms with E-state index in [2.05, 4.69) is 20.2 Å². The molecule has 1 amide bonds. The molecule has 0 radical (unpaired) electrons. The van der Waals surface area contributed by atoms with Crippen LogP contribution < -0.4 is 10.2 Å². The van der Waals surface area contributed by atoms with E-state index in [1.54, 1.807) is 23.6 Å². The van der Waals surface area contributed by atoms with Crippen LogP contribution in [-0.4, -0.2) is 35.5 Å². The molecular weight excluding hydrogens is 339 g/mol. The number of piperidine rings is 1. The zero-order valence-electron chi connectivity index (χ0n) is 14.4. The Bertz CT molecular complexity index is 713. The summed E-state index contributed by atoms with van der Waals surface area (Å²) in [6, 6.07) is 1.72. The number of nitrogens with one attached hydrogen (secondary N) is 1. The molecule has 1 saturated heterocycles. The Morgan fingerprint density at radius 1 is 1.44 bits per heavy atom. The number of hydrogen-bond acceptors (Lipinski definition) is 5. The number of pyridine rings is 1. The second-order valence-electron chi connectivity index (χ2n) is 6.42. The van der Waals surface area contributed by atoms with Crippen LogP contribution in [0.1, 0.15) is 29.8 Å². The maximum Gasteiger partial charge on any atom is 0.220 e. The Morgan fingerprint density at radius 3 is 2.92 bits per heavy atom. The van der Waals surface area contributed by atoms with E-state index in [1.807, 2.05) is 12.4 Å². The van der Waals surface area contributed by atoms with Gasteiger partial charge in [-0.15, -0.1) is 11.3 Å². The molecule has 0 spiro atoms. The van der Waals surface area contributed by atoms with E-state index in [9.17, 15) is 9.18 Å². The maximum absolute atomic E-state index is 13.8. The Hall–Kier alpha value is -2.02. The number of halogens is 1. The van der Waals surface area contributed by atoms with Crippen LogP contribution in [0.3, 0.4) is 0 Å². The van der Waals surface area contributed by atoms with Gasteiger partial charge in [-0.1, -0.05) is 0 Å². The van der Waals surface area contributed by atoms with Crippen molar-refractivity contribution in [2.75, 3.05) is 24.5 Å². The summed E-state index contributed by atoms with van der Waals surface area (Å²) >= 11 is 1.61. The normalized spacial score (nSPS) is 15.4. The van der Waals surface area contributed by atoms with Crippen LogP contribution in [0.5, 0.6) is 0 Å². The fourth-order valence-electron chi connectivity index (χ4n) is 3.14. The highest BCUT2D eigenvalue weighted by Crippen LogP contribution is 2.24. The third-order valence-corrected chi connectivity index (χ3v) is 5.71. The van der Waals surface area contributed by atoms with Crippen LogP contribution >= 0.6 is 11.3 Å². The smallest absolute Gasteiger partial charge is 0.220 e. The second-order valence-corrected chi connectivity index (χ2v) is 7.36. The highest BCUT2D eigenvalue weighted by Gasteiger charge is 2.21. The van der Waals surface area contributed by atoms with Gasteiger partial charge in [-0.25, -0.2) is 9.37 Å². The number of aryl methyl sites for hydroxylation is 2. The largest absolute Gasteiger partial charge is 0.369 e. The molecule has 2 aromatic heterocycles. The average molecular weight is 362 g/mol. The van der Waals surface area contributed by atoms with Gasteiger partial charge in [0.15, 0.2) is 5.82 Å². The first-order valence-electron chi connectivity index (χ1n) is 8.63. The lowest BCUT2D eigenvalue weighted by atomic mass is 9.96. The van der Waals surface area contributed by atoms with Crippen molar-refractivity contribution in [1.82, 2.24) is 15.3 Å². The zero-order valence-corrected chi connectivity index (χ0v) is 15.2. The molecule has 1 N–H and O–H groups in total. The van der Waals surface area contributed by atoms with Crippen molar-refractivity contribution in [2.24, 2.45) is 5.92 Å². The molecule has 2 aromatic rings. The summed E-state index contributed by atoms with van der Waals surface area (Å²) in [6.45, 7) is 4.29. The minimum atomic E-state index is -0.271. The van der Waals surface area contributed by atoms with E-state index in [1.165, 1.54) is 11.1 Å². The predicted octanol–water partition coefficient (Wildman–Crippen LogP) is 2.95. The van der Waals surface area contributed by atoms with E-state index >= 15 is 0 Å².